The van der Waals surface area contributed by atoms with Gasteiger partial charge in [0.2, 0.25) is 5.82 Å². The molecule has 3 rings (SSSR count). The number of hydrogen-bond acceptors (Lipinski definition) is 5. The number of carbonyl (C=O) groups excluding carboxylic acids is 1. The van der Waals surface area contributed by atoms with Crippen molar-refractivity contribution in [1.29, 1.82) is 0 Å². The minimum Gasteiger partial charge on any atom is -0.398 e. The van der Waals surface area contributed by atoms with E-state index >= 15 is 0 Å². The zero-order valence-electron chi connectivity index (χ0n) is 12.1. The third-order valence-electron chi connectivity index (χ3n) is 3.31. The summed E-state index contributed by atoms with van der Waals surface area (Å²) in [7, 11) is 0. The second kappa shape index (κ2) is 5.77. The van der Waals surface area contributed by atoms with Crippen LogP contribution in [0.3, 0.4) is 0 Å². The average Bonchev–Trinajstić information content (AvgIpc) is 2.96. The van der Waals surface area contributed by atoms with Crippen molar-refractivity contribution in [3.05, 3.63) is 59.7 Å². The second-order valence-corrected chi connectivity index (χ2v) is 5.02. The van der Waals surface area contributed by atoms with E-state index in [0.717, 1.165) is 5.56 Å². The Labute approximate surface area is 127 Å². The topological polar surface area (TPSA) is 86.7 Å². The Morgan fingerprint density at radius 2 is 1.86 bits per heavy atom. The largest absolute Gasteiger partial charge is 0.398 e. The number of benzene rings is 2. The van der Waals surface area contributed by atoms with Gasteiger partial charge in [-0.2, -0.15) is 4.80 Å². The van der Waals surface area contributed by atoms with Gasteiger partial charge in [-0.3, -0.25) is 4.79 Å². The number of aryl methyl sites for hydroxylation is 1. The first kappa shape index (κ1) is 13.9. The van der Waals surface area contributed by atoms with Crippen LogP contribution >= 0.6 is 0 Å². The molecule has 0 atom stereocenters. The minimum atomic E-state index is -0.0648. The molecule has 0 unspecified atom stereocenters. The summed E-state index contributed by atoms with van der Waals surface area (Å²) >= 11 is 0. The lowest BCUT2D eigenvalue weighted by Crippen LogP contribution is -2.13. The first-order chi connectivity index (χ1) is 10.6. The molecule has 0 bridgehead atoms. The smallest absolute Gasteiger partial charge is 0.207 e. The van der Waals surface area contributed by atoms with Gasteiger partial charge in [0.1, 0.15) is 6.54 Å². The highest BCUT2D eigenvalue weighted by molar-refractivity contribution is 5.95. The number of nitrogens with two attached hydrogens (primary N) is 1. The molecule has 6 nitrogen and oxygen atoms in total. The van der Waals surface area contributed by atoms with Crippen molar-refractivity contribution in [2.24, 2.45) is 0 Å². The van der Waals surface area contributed by atoms with E-state index in [-0.39, 0.29) is 12.3 Å². The molecule has 2 N–H and O–H groups in total. The Balaban J connectivity index is 1.78. The fraction of sp³-hybridized carbons (Fsp3) is 0.125. The maximum atomic E-state index is 12.2. The number of hydrogen-bond donors (Lipinski definition) is 1. The molecule has 0 radical (unpaired) electrons. The monoisotopic (exact) mass is 293 g/mol. The molecule has 0 aliphatic carbocycles. The molecule has 110 valence electrons. The summed E-state index contributed by atoms with van der Waals surface area (Å²) < 4.78 is 0. The molecule has 22 heavy (non-hydrogen) atoms. The third-order valence-corrected chi connectivity index (χ3v) is 3.31. The van der Waals surface area contributed by atoms with Crippen LogP contribution in [0.1, 0.15) is 15.9 Å². The van der Waals surface area contributed by atoms with Gasteiger partial charge in [-0.15, -0.1) is 10.2 Å². The molecule has 0 saturated heterocycles. The van der Waals surface area contributed by atoms with Gasteiger partial charge < -0.3 is 5.73 Å². The number of ketones is 1. The van der Waals surface area contributed by atoms with Crippen LogP contribution in [0, 0.1) is 6.92 Å². The van der Waals surface area contributed by atoms with Crippen molar-refractivity contribution < 1.29 is 4.79 Å². The lowest BCUT2D eigenvalue weighted by molar-refractivity contribution is 0.0961. The van der Waals surface area contributed by atoms with Crippen molar-refractivity contribution in [2.45, 2.75) is 13.5 Å². The molecule has 6 heteroatoms. The van der Waals surface area contributed by atoms with Gasteiger partial charge in [0.15, 0.2) is 5.78 Å². The number of tetrazole rings is 1. The molecule has 3 aromatic rings. The Kier molecular flexibility index (Phi) is 3.65. The van der Waals surface area contributed by atoms with Gasteiger partial charge in [0.25, 0.3) is 0 Å². The third kappa shape index (κ3) is 2.85. The van der Waals surface area contributed by atoms with Crippen LogP contribution in [-0.4, -0.2) is 26.0 Å². The predicted octanol–water partition coefficient (Wildman–Crippen LogP) is 2.11. The number of nitrogen functional groups attached to an aromatic ring is 1. The van der Waals surface area contributed by atoms with Gasteiger partial charge in [0, 0.05) is 16.8 Å². The maximum Gasteiger partial charge on any atom is 0.207 e. The first-order valence-electron chi connectivity index (χ1n) is 6.86. The number of rotatable bonds is 4. The van der Waals surface area contributed by atoms with Crippen molar-refractivity contribution in [2.75, 3.05) is 5.73 Å². The van der Waals surface area contributed by atoms with Gasteiger partial charge in [-0.05, 0) is 24.3 Å². The van der Waals surface area contributed by atoms with Crippen LogP contribution in [0.4, 0.5) is 5.69 Å². The van der Waals surface area contributed by atoms with Gasteiger partial charge in [-0.25, -0.2) is 0 Å². The lowest BCUT2D eigenvalue weighted by atomic mass is 10.1. The SMILES string of the molecule is Cc1ccc(C(=O)Cn2nnc(-c3ccccc3N)n2)cc1. The molecular weight excluding hydrogens is 278 g/mol. The average molecular weight is 293 g/mol. The number of Topliss-reactive ketones (excluding diaryl/α,β-unsaturated/α-hetero) is 1. The lowest BCUT2D eigenvalue weighted by Gasteiger charge is -2.01. The Morgan fingerprint density at radius 3 is 2.59 bits per heavy atom. The predicted molar refractivity (Wildman–Crippen MR) is 83.2 cm³/mol. The summed E-state index contributed by atoms with van der Waals surface area (Å²) in [6.45, 7) is 2.02. The summed E-state index contributed by atoms with van der Waals surface area (Å²) in [5, 5.41) is 12.1. The molecule has 0 aliphatic heterocycles. The van der Waals surface area contributed by atoms with Crippen LogP contribution in [-0.2, 0) is 6.54 Å². The van der Waals surface area contributed by atoms with E-state index in [4.69, 9.17) is 5.73 Å². The van der Waals surface area contributed by atoms with E-state index in [0.29, 0.717) is 22.6 Å². The van der Waals surface area contributed by atoms with Crippen molar-refractivity contribution >= 4 is 11.5 Å². The molecule has 0 amide bonds. The number of nitrogens with zero attached hydrogens (tertiary/aromatic N) is 4. The van der Waals surface area contributed by atoms with Gasteiger partial charge in [0.05, 0.1) is 0 Å². The number of anilines is 1. The normalized spacial score (nSPS) is 10.6. The van der Waals surface area contributed by atoms with Gasteiger partial charge in [-0.1, -0.05) is 42.0 Å². The molecule has 0 aliphatic rings. The zero-order valence-corrected chi connectivity index (χ0v) is 12.1. The number of para-hydroxylation sites is 1. The van der Waals surface area contributed by atoms with Crippen molar-refractivity contribution in [1.82, 2.24) is 20.2 Å². The Morgan fingerprint density at radius 1 is 1.14 bits per heavy atom. The van der Waals surface area contributed by atoms with E-state index in [1.165, 1.54) is 4.80 Å². The van der Waals surface area contributed by atoms with Crippen LogP contribution in [0.15, 0.2) is 48.5 Å². The first-order valence-corrected chi connectivity index (χ1v) is 6.86. The quantitative estimate of drug-likeness (QED) is 0.588. The highest BCUT2D eigenvalue weighted by Crippen LogP contribution is 2.20. The van der Waals surface area contributed by atoms with Crippen molar-refractivity contribution in [3.8, 4) is 11.4 Å². The van der Waals surface area contributed by atoms with E-state index in [1.807, 2.05) is 37.3 Å². The van der Waals surface area contributed by atoms with E-state index < -0.39 is 0 Å². The number of carbonyl (C=O) groups is 1. The van der Waals surface area contributed by atoms with Crippen LogP contribution in [0.5, 0.6) is 0 Å². The molecule has 1 heterocycles. The molecule has 0 spiro atoms. The highest BCUT2D eigenvalue weighted by atomic mass is 16.1. The Bertz CT molecular complexity index is 807. The van der Waals surface area contributed by atoms with E-state index in [2.05, 4.69) is 15.4 Å². The molecule has 0 fully saturated rings. The maximum absolute atomic E-state index is 12.2. The summed E-state index contributed by atoms with van der Waals surface area (Å²) in [5.74, 6) is 0.347. The summed E-state index contributed by atoms with van der Waals surface area (Å²) in [4.78, 5) is 13.5. The zero-order chi connectivity index (χ0) is 15.5. The van der Waals surface area contributed by atoms with Crippen molar-refractivity contribution in [3.63, 3.8) is 0 Å². The summed E-state index contributed by atoms with van der Waals surface area (Å²) in [5.41, 5.74) is 8.90. The fourth-order valence-corrected chi connectivity index (χ4v) is 2.08. The molecule has 1 aromatic heterocycles. The summed E-state index contributed by atoms with van der Waals surface area (Å²) in [6.07, 6.45) is 0. The van der Waals surface area contributed by atoms with Crippen LogP contribution in [0.25, 0.3) is 11.4 Å². The van der Waals surface area contributed by atoms with Crippen LogP contribution in [0.2, 0.25) is 0 Å². The Hall–Kier alpha value is -3.02. The molecule has 0 saturated carbocycles. The molecular formula is C16H15N5O. The second-order valence-electron chi connectivity index (χ2n) is 5.02. The van der Waals surface area contributed by atoms with E-state index in [9.17, 15) is 4.79 Å². The van der Waals surface area contributed by atoms with E-state index in [1.54, 1.807) is 18.2 Å². The molecule has 2 aromatic carbocycles. The fourth-order valence-electron chi connectivity index (χ4n) is 2.08. The number of aromatic nitrogens is 4. The highest BCUT2D eigenvalue weighted by Gasteiger charge is 2.12. The standard InChI is InChI=1S/C16H15N5O/c1-11-6-8-12(9-7-11)15(22)10-21-19-16(18-20-21)13-4-2-3-5-14(13)17/h2-9H,10,17H2,1H3. The minimum absolute atomic E-state index is 0.0444. The van der Waals surface area contributed by atoms with Gasteiger partial charge >= 0.3 is 0 Å². The summed E-state index contributed by atoms with van der Waals surface area (Å²) in [6, 6.07) is 14.7. The van der Waals surface area contributed by atoms with Crippen LogP contribution < -0.4 is 5.73 Å².